The molecule has 70 valence electrons. The van der Waals surface area contributed by atoms with Gasteiger partial charge in [-0.15, -0.1) is 0 Å². The van der Waals surface area contributed by atoms with E-state index in [9.17, 15) is 0 Å². The first kappa shape index (κ1) is 8.55. The summed E-state index contributed by atoms with van der Waals surface area (Å²) in [4.78, 5) is 0. The molecule has 3 fully saturated rings. The van der Waals surface area contributed by atoms with Crippen molar-refractivity contribution in [2.45, 2.75) is 45.6 Å². The highest BCUT2D eigenvalue weighted by molar-refractivity contribution is 5.23. The predicted octanol–water partition coefficient (Wildman–Crippen LogP) is 2.42. The molecular weight excluding hydrogens is 146 g/mol. The summed E-state index contributed by atoms with van der Waals surface area (Å²) >= 11 is 0. The molecule has 0 aliphatic heterocycles. The Balaban J connectivity index is 1.95. The molecule has 3 aliphatic rings. The van der Waals surface area contributed by atoms with Crippen LogP contribution in [0.15, 0.2) is 0 Å². The molecule has 12 heavy (non-hydrogen) atoms. The van der Waals surface area contributed by atoms with Crippen LogP contribution >= 0.6 is 0 Å². The summed E-state index contributed by atoms with van der Waals surface area (Å²) in [5, 5.41) is 3.71. The summed E-state index contributed by atoms with van der Waals surface area (Å²) in [7, 11) is 0. The van der Waals surface area contributed by atoms with Crippen molar-refractivity contribution < 1.29 is 0 Å². The van der Waals surface area contributed by atoms with Gasteiger partial charge in [-0.3, -0.25) is 0 Å². The van der Waals surface area contributed by atoms with E-state index in [1.54, 1.807) is 0 Å². The number of nitrogens with one attached hydrogen (secondary N) is 1. The largest absolute Gasteiger partial charge is 0.311 e. The second kappa shape index (κ2) is 2.73. The highest BCUT2D eigenvalue weighted by Gasteiger charge is 2.69. The summed E-state index contributed by atoms with van der Waals surface area (Å²) in [6.45, 7) is 8.11. The van der Waals surface area contributed by atoms with Crippen molar-refractivity contribution in [2.75, 3.05) is 6.54 Å². The van der Waals surface area contributed by atoms with Crippen molar-refractivity contribution in [3.63, 3.8) is 0 Å². The minimum Gasteiger partial charge on any atom is -0.311 e. The van der Waals surface area contributed by atoms with Gasteiger partial charge in [-0.25, -0.2) is 0 Å². The van der Waals surface area contributed by atoms with E-state index in [2.05, 4.69) is 26.1 Å². The predicted molar refractivity (Wildman–Crippen MR) is 52.1 cm³/mol. The first-order valence-corrected chi connectivity index (χ1v) is 5.51. The van der Waals surface area contributed by atoms with Crippen molar-refractivity contribution in [2.24, 2.45) is 17.8 Å². The minimum atomic E-state index is 0.593. The molecule has 4 atom stereocenters. The van der Waals surface area contributed by atoms with E-state index < -0.39 is 0 Å². The number of rotatable bonds is 4. The lowest BCUT2D eigenvalue weighted by atomic mass is 9.35. The molecule has 0 aromatic heterocycles. The zero-order valence-electron chi connectivity index (χ0n) is 8.56. The van der Waals surface area contributed by atoms with E-state index in [1.807, 2.05) is 0 Å². The maximum atomic E-state index is 3.71. The standard InChI is InChI=1S/C11H21N/c1-4-6-10-9-7-11(10,8(9)3)12-5-2/h8-10,12H,4-7H2,1-3H3/t8-,9?,10?,11-/m1/s1. The Morgan fingerprint density at radius 1 is 1.42 bits per heavy atom. The van der Waals surface area contributed by atoms with Crippen LogP contribution in [-0.2, 0) is 0 Å². The molecule has 0 aromatic rings. The van der Waals surface area contributed by atoms with Gasteiger partial charge in [0, 0.05) is 5.54 Å². The smallest absolute Gasteiger partial charge is 0.0243 e. The van der Waals surface area contributed by atoms with Crippen LogP contribution in [0, 0.1) is 17.8 Å². The molecule has 2 bridgehead atoms. The van der Waals surface area contributed by atoms with Gasteiger partial charge in [-0.05, 0) is 37.1 Å². The summed E-state index contributed by atoms with van der Waals surface area (Å²) in [5.41, 5.74) is 0.593. The first-order chi connectivity index (χ1) is 5.76. The first-order valence-electron chi connectivity index (χ1n) is 5.51. The topological polar surface area (TPSA) is 12.0 Å². The zero-order chi connectivity index (χ0) is 8.77. The van der Waals surface area contributed by atoms with E-state index in [1.165, 1.54) is 19.3 Å². The third-order valence-electron chi connectivity index (χ3n) is 4.31. The van der Waals surface area contributed by atoms with E-state index >= 15 is 0 Å². The normalized spacial score (nSPS) is 49.8. The molecule has 0 spiro atoms. The van der Waals surface area contributed by atoms with Crippen LogP contribution in [0.1, 0.15) is 40.0 Å². The summed E-state index contributed by atoms with van der Waals surface area (Å²) < 4.78 is 0. The van der Waals surface area contributed by atoms with Gasteiger partial charge in [0.25, 0.3) is 0 Å². The molecule has 1 heteroatoms. The number of hydrogen-bond donors (Lipinski definition) is 1. The van der Waals surface area contributed by atoms with Crippen LogP contribution < -0.4 is 5.32 Å². The summed E-state index contributed by atoms with van der Waals surface area (Å²) in [5.74, 6) is 3.07. The third kappa shape index (κ3) is 0.783. The molecule has 1 N–H and O–H groups in total. The van der Waals surface area contributed by atoms with Crippen molar-refractivity contribution in [1.29, 1.82) is 0 Å². The van der Waals surface area contributed by atoms with E-state index in [4.69, 9.17) is 0 Å². The fourth-order valence-corrected chi connectivity index (χ4v) is 3.53. The molecule has 0 saturated heterocycles. The molecule has 0 radical (unpaired) electrons. The van der Waals surface area contributed by atoms with Gasteiger partial charge in [0.15, 0.2) is 0 Å². The van der Waals surface area contributed by atoms with Crippen LogP contribution in [0.5, 0.6) is 0 Å². The van der Waals surface area contributed by atoms with Crippen molar-refractivity contribution in [3.05, 3.63) is 0 Å². The Morgan fingerprint density at radius 3 is 2.58 bits per heavy atom. The van der Waals surface area contributed by atoms with Crippen LogP contribution in [0.4, 0.5) is 0 Å². The lowest BCUT2D eigenvalue weighted by molar-refractivity contribution is -0.202. The van der Waals surface area contributed by atoms with Crippen LogP contribution in [0.2, 0.25) is 0 Å². The third-order valence-corrected chi connectivity index (χ3v) is 4.31. The van der Waals surface area contributed by atoms with Crippen molar-refractivity contribution in [1.82, 2.24) is 5.32 Å². The second-order valence-corrected chi connectivity index (χ2v) is 4.62. The Bertz CT molecular complexity index is 178. The van der Waals surface area contributed by atoms with E-state index in [0.29, 0.717) is 5.54 Å². The Morgan fingerprint density at radius 2 is 2.17 bits per heavy atom. The Kier molecular flexibility index (Phi) is 1.95. The van der Waals surface area contributed by atoms with Crippen LogP contribution in [-0.4, -0.2) is 12.1 Å². The maximum absolute atomic E-state index is 3.71. The fraction of sp³-hybridized carbons (Fsp3) is 1.00. The molecule has 1 nitrogen and oxygen atoms in total. The fourth-order valence-electron chi connectivity index (χ4n) is 3.53. The van der Waals surface area contributed by atoms with Gasteiger partial charge in [0.1, 0.15) is 0 Å². The molecule has 0 amide bonds. The van der Waals surface area contributed by atoms with Crippen molar-refractivity contribution in [3.8, 4) is 0 Å². The Labute approximate surface area is 75.9 Å². The average Bonchev–Trinajstić information content (AvgIpc) is 2.08. The van der Waals surface area contributed by atoms with Gasteiger partial charge >= 0.3 is 0 Å². The lowest BCUT2D eigenvalue weighted by Gasteiger charge is -2.74. The zero-order valence-corrected chi connectivity index (χ0v) is 8.56. The van der Waals surface area contributed by atoms with Crippen LogP contribution in [0.25, 0.3) is 0 Å². The van der Waals surface area contributed by atoms with Crippen LogP contribution in [0.3, 0.4) is 0 Å². The quantitative estimate of drug-likeness (QED) is 0.678. The summed E-state index contributed by atoms with van der Waals surface area (Å²) in [6.07, 6.45) is 4.27. The molecule has 0 heterocycles. The highest BCUT2D eigenvalue weighted by Crippen LogP contribution is 2.67. The van der Waals surface area contributed by atoms with Gasteiger partial charge in [-0.2, -0.15) is 0 Å². The molecule has 3 saturated carbocycles. The number of hydrogen-bond acceptors (Lipinski definition) is 1. The van der Waals surface area contributed by atoms with Gasteiger partial charge in [0.2, 0.25) is 0 Å². The molecule has 3 aliphatic carbocycles. The van der Waals surface area contributed by atoms with Crippen molar-refractivity contribution >= 4 is 0 Å². The highest BCUT2D eigenvalue weighted by atomic mass is 15.1. The monoisotopic (exact) mass is 167 g/mol. The Hall–Kier alpha value is -0.0400. The summed E-state index contributed by atoms with van der Waals surface area (Å²) in [6, 6.07) is 0. The van der Waals surface area contributed by atoms with E-state index in [0.717, 1.165) is 24.3 Å². The second-order valence-electron chi connectivity index (χ2n) is 4.62. The van der Waals surface area contributed by atoms with Gasteiger partial charge in [0.05, 0.1) is 0 Å². The minimum absolute atomic E-state index is 0.593. The SMILES string of the molecule is CCCC1C2C[C@@]1(NCC)[C@@H]2C. The molecular formula is C11H21N. The van der Waals surface area contributed by atoms with E-state index in [-0.39, 0.29) is 0 Å². The lowest BCUT2D eigenvalue weighted by Crippen LogP contribution is -2.80. The molecule has 0 aromatic carbocycles. The molecule has 2 unspecified atom stereocenters. The average molecular weight is 167 g/mol. The van der Waals surface area contributed by atoms with Gasteiger partial charge in [-0.1, -0.05) is 27.2 Å². The molecule has 3 rings (SSSR count). The maximum Gasteiger partial charge on any atom is 0.0243 e. The van der Waals surface area contributed by atoms with Gasteiger partial charge < -0.3 is 5.32 Å².